The molecule has 6 heteroatoms. The van der Waals surface area contributed by atoms with Crippen LogP contribution in [0.5, 0.6) is 0 Å². The van der Waals surface area contributed by atoms with Gasteiger partial charge >= 0.3 is 64.0 Å². The zero-order chi connectivity index (χ0) is 4.28. The molecule has 0 amide bonds. The maximum atomic E-state index is 9.13. The second-order valence-electron chi connectivity index (χ2n) is 0.293. The van der Waals surface area contributed by atoms with Crippen LogP contribution >= 0.6 is 11.9 Å². The first-order chi connectivity index (χ1) is 2.27. The van der Waals surface area contributed by atoms with Gasteiger partial charge in [0.2, 0.25) is 0 Å². The topological polar surface area (TPSA) is 43.4 Å². The fourth-order valence-corrected chi connectivity index (χ4v) is 0. The van der Waals surface area contributed by atoms with E-state index >= 15 is 0 Å². The molecule has 0 aromatic rings. The summed E-state index contributed by atoms with van der Waals surface area (Å²) < 4.78 is 21.5. The van der Waals surface area contributed by atoms with Crippen LogP contribution < -0.4 is 0 Å². The third-order valence-electron chi connectivity index (χ3n) is 0.0563. The summed E-state index contributed by atoms with van der Waals surface area (Å²) in [5, 5.41) is 0. The van der Waals surface area contributed by atoms with Gasteiger partial charge in [-0.1, -0.05) is 0 Å². The van der Waals surface area contributed by atoms with E-state index in [9.17, 15) is 0 Å². The van der Waals surface area contributed by atoms with Gasteiger partial charge in [0.05, 0.1) is 0 Å². The fourth-order valence-electron chi connectivity index (χ4n) is 0. The van der Waals surface area contributed by atoms with Gasteiger partial charge < -0.3 is 0 Å². The minimum atomic E-state index is -3.44. The van der Waals surface area contributed by atoms with Crippen molar-refractivity contribution in [1.82, 2.24) is 0 Å². The van der Waals surface area contributed by atoms with Crippen LogP contribution in [0.4, 0.5) is 0 Å². The number of rotatable bonds is 1. The average Bonchev–Trinajstić information content (AvgIpc) is 1.38. The Bertz CT molecular complexity index is 68.9. The molecule has 0 N–H and O–H groups in total. The summed E-state index contributed by atoms with van der Waals surface area (Å²) in [7, 11) is 0. The van der Waals surface area contributed by atoms with Gasteiger partial charge in [0, 0.05) is 0 Å². The molecule has 0 aliphatic rings. The second-order valence-corrected chi connectivity index (χ2v) is 1.78. The number of hydrogen-bond donors (Lipinski definition) is 0. The molecule has 38 valence electrons. The molecule has 0 fully saturated rings. The molecular weight excluding hydrogens is 343 g/mol. The van der Waals surface area contributed by atoms with Crippen molar-refractivity contribution in [2.75, 3.05) is 0 Å². The van der Waals surface area contributed by atoms with Crippen molar-refractivity contribution in [2.45, 2.75) is 0 Å². The molecule has 0 aliphatic heterocycles. The Balaban J connectivity index is 0. The first-order valence-electron chi connectivity index (χ1n) is 0.702. The van der Waals surface area contributed by atoms with E-state index in [1.807, 2.05) is 0 Å². The normalized spacial score (nSPS) is 6.17. The molecule has 0 atom stereocenters. The van der Waals surface area contributed by atoms with Crippen LogP contribution in [-0.4, -0.2) is 26.2 Å². The van der Waals surface area contributed by atoms with Gasteiger partial charge in [0.15, 0.2) is 0 Å². The van der Waals surface area contributed by atoms with Crippen LogP contribution in [0.25, 0.3) is 0 Å². The quantitative estimate of drug-likeness (QED) is 0.584. The van der Waals surface area contributed by atoms with Crippen molar-refractivity contribution in [3.63, 3.8) is 0 Å². The van der Waals surface area contributed by atoms with E-state index in [0.29, 0.717) is 0 Å². The molecule has 0 saturated carbocycles. The first-order valence-corrected chi connectivity index (χ1v) is 2.72. The van der Waals surface area contributed by atoms with Gasteiger partial charge in [-0.2, -0.15) is 0 Å². The van der Waals surface area contributed by atoms with Crippen molar-refractivity contribution in [2.24, 2.45) is 0 Å². The summed E-state index contributed by atoms with van der Waals surface area (Å²) >= 11 is 0.840. The molecular formula is H3BiClO3V. The fraction of sp³-hybridized carbons (Fsp3) is 0. The van der Waals surface area contributed by atoms with Crippen LogP contribution in [0.1, 0.15) is 0 Å². The summed E-state index contributed by atoms with van der Waals surface area (Å²) in [5.74, 6) is 0. The van der Waals surface area contributed by atoms with Gasteiger partial charge in [0.1, 0.15) is 0 Å². The molecule has 0 unspecified atom stereocenters. The molecule has 0 heterocycles. The Hall–Kier alpha value is 1.32. The molecule has 0 spiro atoms. The zero-order valence-electron chi connectivity index (χ0n) is 2.76. The third-order valence-corrected chi connectivity index (χ3v) is 0.697. The Morgan fingerprint density at radius 1 is 1.50 bits per heavy atom. The van der Waals surface area contributed by atoms with Crippen molar-refractivity contribution < 1.29 is 26.0 Å². The van der Waals surface area contributed by atoms with E-state index in [4.69, 9.17) is 7.35 Å². The van der Waals surface area contributed by atoms with E-state index in [-0.39, 0.29) is 26.2 Å². The molecule has 3 nitrogen and oxygen atoms in total. The van der Waals surface area contributed by atoms with Crippen LogP contribution in [0, 0.1) is 0 Å². The molecule has 0 rings (SSSR count). The molecule has 0 aromatic carbocycles. The van der Waals surface area contributed by atoms with Crippen LogP contribution in [-0.2, 0) is 26.0 Å². The monoisotopic (exact) mass is 346 g/mol. The number of hydrogen-bond acceptors (Lipinski definition) is 3. The van der Waals surface area contributed by atoms with Gasteiger partial charge in [-0.05, 0) is 0 Å². The van der Waals surface area contributed by atoms with Gasteiger partial charge in [-0.25, -0.2) is 0 Å². The summed E-state index contributed by atoms with van der Waals surface area (Å²) in [4.78, 5) is 0. The van der Waals surface area contributed by atoms with E-state index < -0.39 is 15.4 Å². The van der Waals surface area contributed by atoms with E-state index in [0.717, 1.165) is 0 Å². The molecule has 0 saturated heterocycles. The summed E-state index contributed by atoms with van der Waals surface area (Å²) in [6.07, 6.45) is 0. The van der Waals surface area contributed by atoms with Crippen LogP contribution in [0.2, 0.25) is 0 Å². The Morgan fingerprint density at radius 2 is 1.67 bits per heavy atom. The first kappa shape index (κ1) is 10.3. The Labute approximate surface area is 63.7 Å². The maximum absolute atomic E-state index is 9.13. The third kappa shape index (κ3) is 9.01. The predicted octanol–water partition coefficient (Wildman–Crippen LogP) is -0.803. The predicted molar refractivity (Wildman–Crippen MR) is 18.2 cm³/mol. The Morgan fingerprint density at radius 3 is 1.67 bits per heavy atom. The van der Waals surface area contributed by atoms with Gasteiger partial charge in [-0.15, -0.1) is 0 Å². The van der Waals surface area contributed by atoms with Crippen molar-refractivity contribution in [3.05, 3.63) is 0 Å². The SMILES string of the molecule is [BiH3].[O]=[V](=[O])[O]Cl. The number of halogens is 1. The van der Waals surface area contributed by atoms with E-state index in [1.165, 1.54) is 0 Å². The van der Waals surface area contributed by atoms with E-state index in [1.54, 1.807) is 0 Å². The molecule has 0 bridgehead atoms. The molecule has 6 heavy (non-hydrogen) atoms. The second kappa shape index (κ2) is 6.32. The van der Waals surface area contributed by atoms with Crippen LogP contribution in [0.3, 0.4) is 0 Å². The van der Waals surface area contributed by atoms with E-state index in [2.05, 4.69) is 15.1 Å². The van der Waals surface area contributed by atoms with Crippen molar-refractivity contribution in [3.8, 4) is 0 Å². The summed E-state index contributed by atoms with van der Waals surface area (Å²) in [5.41, 5.74) is 0. The van der Waals surface area contributed by atoms with Crippen molar-refractivity contribution >= 4 is 38.1 Å². The molecule has 0 aliphatic carbocycles. The standard InChI is InChI=1S/Bi.ClO.2O.V.3H/c;1-2;;;;;;/q;-1;;;+1;;;. The van der Waals surface area contributed by atoms with Gasteiger partial charge in [-0.3, -0.25) is 0 Å². The summed E-state index contributed by atoms with van der Waals surface area (Å²) in [6, 6.07) is 0. The van der Waals surface area contributed by atoms with Crippen molar-refractivity contribution in [1.29, 1.82) is 0 Å². The average molecular weight is 346 g/mol. The zero-order valence-corrected chi connectivity index (χ0v) is 10.4. The minimum absolute atomic E-state index is 0. The Kier molecular flexibility index (Phi) is 10.9. The molecule has 0 aromatic heterocycles. The molecule has 0 radical (unpaired) electrons. The van der Waals surface area contributed by atoms with Crippen LogP contribution in [0.15, 0.2) is 0 Å². The van der Waals surface area contributed by atoms with Gasteiger partial charge in [0.25, 0.3) is 0 Å². The summed E-state index contributed by atoms with van der Waals surface area (Å²) in [6.45, 7) is 0.